The second kappa shape index (κ2) is 7.39. The van der Waals surface area contributed by atoms with E-state index >= 15 is 0 Å². The fraction of sp³-hybridized carbons (Fsp3) is 0.429. The average Bonchev–Trinajstić information content (AvgIpc) is 2.87. The van der Waals surface area contributed by atoms with Crippen LogP contribution in [0.5, 0.6) is 11.5 Å². The van der Waals surface area contributed by atoms with E-state index in [2.05, 4.69) is 11.9 Å². The summed E-state index contributed by atoms with van der Waals surface area (Å²) in [4.78, 5) is 2.53. The van der Waals surface area contributed by atoms with Gasteiger partial charge in [-0.1, -0.05) is 18.2 Å². The molecule has 0 unspecified atom stereocenters. The zero-order valence-electron chi connectivity index (χ0n) is 16.3. The van der Waals surface area contributed by atoms with Gasteiger partial charge in [-0.3, -0.25) is 0 Å². The number of rotatable bonds is 3. The molecular formula is C21H26N2O4S. The van der Waals surface area contributed by atoms with Gasteiger partial charge < -0.3 is 14.4 Å². The summed E-state index contributed by atoms with van der Waals surface area (Å²) >= 11 is 0. The molecule has 4 rings (SSSR count). The van der Waals surface area contributed by atoms with E-state index in [-0.39, 0.29) is 4.90 Å². The number of piperidine rings is 1. The molecule has 2 aromatic carbocycles. The van der Waals surface area contributed by atoms with Crippen LogP contribution in [-0.2, 0) is 16.6 Å². The number of ether oxygens (including phenoxy) is 2. The second-order valence-electron chi connectivity index (χ2n) is 7.64. The zero-order chi connectivity index (χ0) is 19.8. The van der Waals surface area contributed by atoms with Crippen molar-refractivity contribution < 1.29 is 17.9 Å². The maximum Gasteiger partial charge on any atom is 0.243 e. The Labute approximate surface area is 166 Å². The van der Waals surface area contributed by atoms with Gasteiger partial charge in [0.25, 0.3) is 0 Å². The summed E-state index contributed by atoms with van der Waals surface area (Å²) < 4.78 is 40.1. The molecule has 0 radical (unpaired) electrons. The van der Waals surface area contributed by atoms with Gasteiger partial charge in [-0.2, -0.15) is 4.31 Å². The number of methoxy groups -OCH3 is 1. The molecule has 2 aromatic rings. The van der Waals surface area contributed by atoms with Crippen LogP contribution in [0.4, 0.5) is 0 Å². The minimum atomic E-state index is -3.66. The standard InChI is InChI=1S/C21H26N2O4S/c1-22-13-11-21(12-14-22)16-23(15-17-5-3-4-6-20(17)27-21)28(24,25)19-9-7-18(26-2)8-10-19/h3-10H,11-16H2,1-2H3. The number of para-hydroxylation sites is 1. The molecule has 1 saturated heterocycles. The molecule has 0 aromatic heterocycles. The third kappa shape index (κ3) is 3.62. The normalized spacial score (nSPS) is 20.2. The number of hydrogen-bond acceptors (Lipinski definition) is 5. The first-order chi connectivity index (χ1) is 13.4. The molecular weight excluding hydrogens is 376 g/mol. The number of benzene rings is 2. The number of fused-ring (bicyclic) bond motifs is 1. The number of nitrogens with zero attached hydrogens (tertiary/aromatic N) is 2. The highest BCUT2D eigenvalue weighted by atomic mass is 32.2. The molecule has 28 heavy (non-hydrogen) atoms. The van der Waals surface area contributed by atoms with Crippen LogP contribution in [0.3, 0.4) is 0 Å². The van der Waals surface area contributed by atoms with Gasteiger partial charge in [-0.25, -0.2) is 8.42 Å². The Balaban J connectivity index is 1.72. The van der Waals surface area contributed by atoms with Crippen molar-refractivity contribution in [3.63, 3.8) is 0 Å². The first-order valence-corrected chi connectivity index (χ1v) is 11.0. The van der Waals surface area contributed by atoms with Crippen LogP contribution in [0.15, 0.2) is 53.4 Å². The van der Waals surface area contributed by atoms with Crippen molar-refractivity contribution in [1.82, 2.24) is 9.21 Å². The monoisotopic (exact) mass is 402 g/mol. The summed E-state index contributed by atoms with van der Waals surface area (Å²) in [5, 5.41) is 0. The van der Waals surface area contributed by atoms with Gasteiger partial charge in [-0.15, -0.1) is 0 Å². The van der Waals surface area contributed by atoms with Crippen molar-refractivity contribution in [2.75, 3.05) is 33.8 Å². The van der Waals surface area contributed by atoms with Crippen molar-refractivity contribution in [2.45, 2.75) is 29.9 Å². The molecule has 7 heteroatoms. The maximum atomic E-state index is 13.5. The molecule has 6 nitrogen and oxygen atoms in total. The van der Waals surface area contributed by atoms with Crippen LogP contribution in [0, 0.1) is 0 Å². The highest BCUT2D eigenvalue weighted by molar-refractivity contribution is 7.89. The Morgan fingerprint density at radius 1 is 1.04 bits per heavy atom. The minimum Gasteiger partial charge on any atom is -0.497 e. The summed E-state index contributed by atoms with van der Waals surface area (Å²) in [6.07, 6.45) is 1.60. The van der Waals surface area contributed by atoms with Crippen LogP contribution in [0.2, 0.25) is 0 Å². The van der Waals surface area contributed by atoms with Gasteiger partial charge in [-0.05, 0) is 37.4 Å². The van der Waals surface area contributed by atoms with Crippen LogP contribution in [0.1, 0.15) is 18.4 Å². The van der Waals surface area contributed by atoms with E-state index in [9.17, 15) is 8.42 Å². The number of likely N-dealkylation sites (tertiary alicyclic amines) is 1. The second-order valence-corrected chi connectivity index (χ2v) is 9.58. The molecule has 0 atom stereocenters. The minimum absolute atomic E-state index is 0.274. The summed E-state index contributed by atoms with van der Waals surface area (Å²) in [7, 11) is -0.00518. The zero-order valence-corrected chi connectivity index (χ0v) is 17.1. The van der Waals surface area contributed by atoms with Crippen molar-refractivity contribution >= 4 is 10.0 Å². The quantitative estimate of drug-likeness (QED) is 0.790. The molecule has 1 spiro atoms. The first kappa shape index (κ1) is 19.2. The van der Waals surface area contributed by atoms with Gasteiger partial charge in [0.05, 0.1) is 18.6 Å². The van der Waals surface area contributed by atoms with Crippen molar-refractivity contribution in [2.24, 2.45) is 0 Å². The molecule has 0 amide bonds. The van der Waals surface area contributed by atoms with Gasteiger partial charge in [0, 0.05) is 38.0 Å². The third-order valence-electron chi connectivity index (χ3n) is 5.71. The van der Waals surface area contributed by atoms with Gasteiger partial charge in [0.15, 0.2) is 0 Å². The summed E-state index contributed by atoms with van der Waals surface area (Å²) in [6.45, 7) is 2.43. The van der Waals surface area contributed by atoms with E-state index in [0.29, 0.717) is 18.8 Å². The molecule has 0 bridgehead atoms. The topological polar surface area (TPSA) is 59.1 Å². The van der Waals surface area contributed by atoms with Crippen LogP contribution in [-0.4, -0.2) is 57.0 Å². The summed E-state index contributed by atoms with van der Waals surface area (Å²) in [5.74, 6) is 1.43. The summed E-state index contributed by atoms with van der Waals surface area (Å²) in [5.41, 5.74) is 0.397. The molecule has 2 aliphatic heterocycles. The highest BCUT2D eigenvalue weighted by Gasteiger charge is 2.43. The van der Waals surface area contributed by atoms with Gasteiger partial charge in [0.2, 0.25) is 10.0 Å². The summed E-state index contributed by atoms with van der Waals surface area (Å²) in [6, 6.07) is 14.3. The molecule has 150 valence electrons. The Morgan fingerprint density at radius 3 is 2.39 bits per heavy atom. The highest BCUT2D eigenvalue weighted by Crippen LogP contribution is 2.37. The van der Waals surface area contributed by atoms with E-state index in [4.69, 9.17) is 9.47 Å². The van der Waals surface area contributed by atoms with Crippen LogP contribution >= 0.6 is 0 Å². The van der Waals surface area contributed by atoms with Crippen LogP contribution in [0.25, 0.3) is 0 Å². The number of sulfonamides is 1. The van der Waals surface area contributed by atoms with Crippen LogP contribution < -0.4 is 9.47 Å². The molecule has 0 aliphatic carbocycles. The third-order valence-corrected chi connectivity index (χ3v) is 7.51. The van der Waals surface area contributed by atoms with E-state index < -0.39 is 15.6 Å². The number of hydrogen-bond donors (Lipinski definition) is 0. The fourth-order valence-electron chi connectivity index (χ4n) is 3.92. The molecule has 2 aliphatic rings. The lowest BCUT2D eigenvalue weighted by atomic mass is 9.91. The lowest BCUT2D eigenvalue weighted by Gasteiger charge is -2.41. The fourth-order valence-corrected chi connectivity index (χ4v) is 5.41. The van der Waals surface area contributed by atoms with E-state index in [1.54, 1.807) is 35.7 Å². The van der Waals surface area contributed by atoms with Crippen molar-refractivity contribution in [3.05, 3.63) is 54.1 Å². The first-order valence-electron chi connectivity index (χ1n) is 9.52. The van der Waals surface area contributed by atoms with E-state index in [1.165, 1.54) is 0 Å². The SMILES string of the molecule is COc1ccc(S(=O)(=O)N2Cc3ccccc3OC3(CCN(C)CC3)C2)cc1. The Morgan fingerprint density at radius 2 is 1.71 bits per heavy atom. The molecule has 1 fully saturated rings. The molecule has 0 saturated carbocycles. The van der Waals surface area contributed by atoms with Gasteiger partial charge in [0.1, 0.15) is 17.1 Å². The molecule has 0 N–H and O–H groups in total. The smallest absolute Gasteiger partial charge is 0.243 e. The average molecular weight is 403 g/mol. The Hall–Kier alpha value is -2.09. The predicted molar refractivity (Wildman–Crippen MR) is 107 cm³/mol. The predicted octanol–water partition coefficient (Wildman–Crippen LogP) is 2.74. The Bertz CT molecular complexity index is 935. The molecule has 2 heterocycles. The van der Waals surface area contributed by atoms with E-state index in [1.807, 2.05) is 24.3 Å². The van der Waals surface area contributed by atoms with Crippen molar-refractivity contribution in [1.29, 1.82) is 0 Å². The largest absolute Gasteiger partial charge is 0.497 e. The Kier molecular flexibility index (Phi) is 5.07. The lowest BCUT2D eigenvalue weighted by molar-refractivity contribution is 0.000463. The van der Waals surface area contributed by atoms with E-state index in [0.717, 1.165) is 37.2 Å². The lowest BCUT2D eigenvalue weighted by Crippen LogP contribution is -2.53. The van der Waals surface area contributed by atoms with Gasteiger partial charge >= 0.3 is 0 Å². The van der Waals surface area contributed by atoms with Crippen molar-refractivity contribution in [3.8, 4) is 11.5 Å². The maximum absolute atomic E-state index is 13.5.